The number of oxazole rings is 1. The van der Waals surface area contributed by atoms with Gasteiger partial charge in [-0.1, -0.05) is 0 Å². The minimum atomic E-state index is 0.0306. The van der Waals surface area contributed by atoms with Crippen LogP contribution in [0.4, 0.5) is 0 Å². The van der Waals surface area contributed by atoms with Gasteiger partial charge in [-0.15, -0.1) is 0 Å². The number of nitrogens with two attached hydrogens (primary N) is 1. The van der Waals surface area contributed by atoms with E-state index in [1.54, 1.807) is 12.4 Å². The molecule has 0 spiro atoms. The van der Waals surface area contributed by atoms with Crippen LogP contribution in [0.3, 0.4) is 0 Å². The first-order valence-corrected chi connectivity index (χ1v) is 5.50. The van der Waals surface area contributed by atoms with E-state index in [4.69, 9.17) is 10.2 Å². The van der Waals surface area contributed by atoms with E-state index in [-0.39, 0.29) is 6.04 Å². The van der Waals surface area contributed by atoms with E-state index in [2.05, 4.69) is 9.97 Å². The van der Waals surface area contributed by atoms with E-state index in [0.29, 0.717) is 5.89 Å². The third kappa shape index (κ3) is 1.51. The summed E-state index contributed by atoms with van der Waals surface area (Å²) in [6, 6.07) is 3.81. The molecule has 0 saturated carbocycles. The fraction of sp³-hybridized carbons (Fsp3) is 0.333. The van der Waals surface area contributed by atoms with Crippen molar-refractivity contribution in [2.24, 2.45) is 5.73 Å². The van der Waals surface area contributed by atoms with Crippen LogP contribution < -0.4 is 5.73 Å². The van der Waals surface area contributed by atoms with Gasteiger partial charge in [0.25, 0.3) is 0 Å². The second-order valence-electron chi connectivity index (χ2n) is 4.06. The molecule has 0 aliphatic heterocycles. The summed E-state index contributed by atoms with van der Waals surface area (Å²) in [5.41, 5.74) is 7.89. The Bertz CT molecular complexity index is 492. The molecule has 0 radical (unpaired) electrons. The standard InChI is InChI=1S/C12H13N3O/c13-9-2-1-3-10-11(9)15-12(16-10)8-4-6-14-7-5-8/h4-7,9H,1-3,13H2/t9-/m0/s1. The van der Waals surface area contributed by atoms with E-state index in [1.165, 1.54) is 0 Å². The lowest BCUT2D eigenvalue weighted by molar-refractivity contribution is 0.460. The summed E-state index contributed by atoms with van der Waals surface area (Å²) in [7, 11) is 0. The van der Waals surface area contributed by atoms with Crippen LogP contribution in [-0.4, -0.2) is 9.97 Å². The molecule has 1 aliphatic rings. The van der Waals surface area contributed by atoms with E-state index >= 15 is 0 Å². The summed E-state index contributed by atoms with van der Waals surface area (Å²) >= 11 is 0. The highest BCUT2D eigenvalue weighted by atomic mass is 16.4. The Balaban J connectivity index is 2.05. The molecule has 0 aromatic carbocycles. The molecule has 0 amide bonds. The Morgan fingerprint density at radius 3 is 2.88 bits per heavy atom. The van der Waals surface area contributed by atoms with Gasteiger partial charge in [0.2, 0.25) is 5.89 Å². The zero-order valence-corrected chi connectivity index (χ0v) is 8.89. The topological polar surface area (TPSA) is 64.9 Å². The van der Waals surface area contributed by atoms with Gasteiger partial charge in [0.05, 0.1) is 11.7 Å². The van der Waals surface area contributed by atoms with Crippen LogP contribution in [-0.2, 0) is 6.42 Å². The second kappa shape index (κ2) is 3.72. The van der Waals surface area contributed by atoms with Crippen LogP contribution in [0.15, 0.2) is 28.9 Å². The lowest BCUT2D eigenvalue weighted by Gasteiger charge is -2.14. The van der Waals surface area contributed by atoms with Crippen molar-refractivity contribution in [1.82, 2.24) is 9.97 Å². The number of hydrogen-bond donors (Lipinski definition) is 1. The number of nitrogens with zero attached hydrogens (tertiary/aromatic N) is 2. The smallest absolute Gasteiger partial charge is 0.226 e. The first-order valence-electron chi connectivity index (χ1n) is 5.50. The Labute approximate surface area is 93.5 Å². The summed E-state index contributed by atoms with van der Waals surface area (Å²) in [5, 5.41) is 0. The largest absolute Gasteiger partial charge is 0.441 e. The molecule has 0 saturated heterocycles. The Kier molecular flexibility index (Phi) is 2.22. The third-order valence-corrected chi connectivity index (χ3v) is 2.93. The molecule has 3 rings (SSSR count). The zero-order chi connectivity index (χ0) is 11.0. The van der Waals surface area contributed by atoms with Gasteiger partial charge in [-0.2, -0.15) is 0 Å². The number of pyridine rings is 1. The minimum absolute atomic E-state index is 0.0306. The fourth-order valence-corrected chi connectivity index (χ4v) is 2.07. The maximum atomic E-state index is 6.00. The molecule has 16 heavy (non-hydrogen) atoms. The van der Waals surface area contributed by atoms with Crippen LogP contribution in [0.2, 0.25) is 0 Å². The van der Waals surface area contributed by atoms with Gasteiger partial charge in [0.1, 0.15) is 5.76 Å². The Morgan fingerprint density at radius 1 is 1.31 bits per heavy atom. The molecule has 4 heteroatoms. The highest BCUT2D eigenvalue weighted by Gasteiger charge is 2.23. The van der Waals surface area contributed by atoms with Gasteiger partial charge in [-0.3, -0.25) is 4.98 Å². The second-order valence-corrected chi connectivity index (χ2v) is 4.06. The highest BCUT2D eigenvalue weighted by molar-refractivity contribution is 5.52. The zero-order valence-electron chi connectivity index (χ0n) is 8.89. The fourth-order valence-electron chi connectivity index (χ4n) is 2.07. The molecule has 0 fully saturated rings. The van der Waals surface area contributed by atoms with E-state index in [0.717, 1.165) is 36.3 Å². The van der Waals surface area contributed by atoms with Gasteiger partial charge in [-0.05, 0) is 25.0 Å². The predicted octanol–water partition coefficient (Wildman–Crippen LogP) is 2.07. The Morgan fingerprint density at radius 2 is 2.12 bits per heavy atom. The third-order valence-electron chi connectivity index (χ3n) is 2.93. The van der Waals surface area contributed by atoms with Gasteiger partial charge < -0.3 is 10.2 Å². The Hall–Kier alpha value is -1.68. The monoisotopic (exact) mass is 215 g/mol. The summed E-state index contributed by atoms with van der Waals surface area (Å²) < 4.78 is 5.74. The first kappa shape index (κ1) is 9.54. The molecule has 0 bridgehead atoms. The normalized spacial score (nSPS) is 19.4. The summed E-state index contributed by atoms with van der Waals surface area (Å²) in [4.78, 5) is 8.46. The number of aromatic nitrogens is 2. The van der Waals surface area contributed by atoms with Crippen molar-refractivity contribution >= 4 is 0 Å². The molecular formula is C12H13N3O. The molecule has 1 aliphatic carbocycles. The maximum Gasteiger partial charge on any atom is 0.226 e. The minimum Gasteiger partial charge on any atom is -0.441 e. The van der Waals surface area contributed by atoms with Crippen molar-refractivity contribution in [1.29, 1.82) is 0 Å². The average Bonchev–Trinajstić information content (AvgIpc) is 2.76. The van der Waals surface area contributed by atoms with Crippen LogP contribution in [0, 0.1) is 0 Å². The molecule has 82 valence electrons. The summed E-state index contributed by atoms with van der Waals surface area (Å²) in [5.74, 6) is 1.61. The highest BCUT2D eigenvalue weighted by Crippen LogP contribution is 2.31. The maximum absolute atomic E-state index is 6.00. The molecule has 0 unspecified atom stereocenters. The molecule has 1 atom stereocenters. The molecule has 2 aromatic rings. The van der Waals surface area contributed by atoms with Crippen molar-refractivity contribution in [3.05, 3.63) is 36.0 Å². The van der Waals surface area contributed by atoms with Crippen molar-refractivity contribution in [2.45, 2.75) is 25.3 Å². The lowest BCUT2D eigenvalue weighted by Crippen LogP contribution is -2.16. The predicted molar refractivity (Wildman–Crippen MR) is 59.6 cm³/mol. The quantitative estimate of drug-likeness (QED) is 0.790. The van der Waals surface area contributed by atoms with E-state index < -0.39 is 0 Å². The van der Waals surface area contributed by atoms with Crippen LogP contribution in [0.5, 0.6) is 0 Å². The van der Waals surface area contributed by atoms with Crippen LogP contribution >= 0.6 is 0 Å². The average molecular weight is 215 g/mol. The van der Waals surface area contributed by atoms with Crippen LogP contribution in [0.1, 0.15) is 30.3 Å². The van der Waals surface area contributed by atoms with Crippen molar-refractivity contribution in [3.8, 4) is 11.5 Å². The SMILES string of the molecule is N[C@H]1CCCc2oc(-c3ccncc3)nc21. The van der Waals surface area contributed by atoms with Gasteiger partial charge in [0, 0.05) is 24.4 Å². The molecule has 2 aromatic heterocycles. The van der Waals surface area contributed by atoms with E-state index in [9.17, 15) is 0 Å². The van der Waals surface area contributed by atoms with Crippen LogP contribution in [0.25, 0.3) is 11.5 Å². The molecule has 2 N–H and O–H groups in total. The summed E-state index contributed by atoms with van der Waals surface area (Å²) in [6.07, 6.45) is 6.49. The van der Waals surface area contributed by atoms with Crippen molar-refractivity contribution in [3.63, 3.8) is 0 Å². The van der Waals surface area contributed by atoms with Crippen molar-refractivity contribution in [2.75, 3.05) is 0 Å². The van der Waals surface area contributed by atoms with Crippen molar-refractivity contribution < 1.29 is 4.42 Å². The van der Waals surface area contributed by atoms with Gasteiger partial charge >= 0.3 is 0 Å². The first-order chi connectivity index (χ1) is 7.84. The van der Waals surface area contributed by atoms with Gasteiger partial charge in [0.15, 0.2) is 0 Å². The number of fused-ring (bicyclic) bond motifs is 1. The molecular weight excluding hydrogens is 202 g/mol. The van der Waals surface area contributed by atoms with E-state index in [1.807, 2.05) is 12.1 Å². The number of rotatable bonds is 1. The number of hydrogen-bond acceptors (Lipinski definition) is 4. The number of aryl methyl sites for hydroxylation is 1. The molecule has 4 nitrogen and oxygen atoms in total. The van der Waals surface area contributed by atoms with Gasteiger partial charge in [-0.25, -0.2) is 4.98 Å². The summed E-state index contributed by atoms with van der Waals surface area (Å²) in [6.45, 7) is 0. The lowest BCUT2D eigenvalue weighted by atomic mass is 9.98. The molecule has 2 heterocycles.